The normalized spacial score (nSPS) is 13.6. The van der Waals surface area contributed by atoms with E-state index in [1.807, 2.05) is 27.7 Å². The SMILES string of the molecule is CC(C)COC(=O)c1cc2c(nc1C(C)C)CNC2=O. The van der Waals surface area contributed by atoms with Crippen molar-refractivity contribution in [3.8, 4) is 0 Å². The van der Waals surface area contributed by atoms with Gasteiger partial charge in [-0.05, 0) is 17.9 Å². The van der Waals surface area contributed by atoms with Crippen molar-refractivity contribution < 1.29 is 14.3 Å². The molecule has 1 aromatic heterocycles. The second kappa shape index (κ2) is 5.61. The van der Waals surface area contributed by atoms with Gasteiger partial charge in [0.2, 0.25) is 0 Å². The Morgan fingerprint density at radius 1 is 1.40 bits per heavy atom. The Morgan fingerprint density at radius 2 is 2.10 bits per heavy atom. The molecule has 1 aliphatic rings. The van der Waals surface area contributed by atoms with E-state index in [4.69, 9.17) is 4.74 Å². The van der Waals surface area contributed by atoms with E-state index >= 15 is 0 Å². The van der Waals surface area contributed by atoms with Crippen molar-refractivity contribution in [1.29, 1.82) is 0 Å². The van der Waals surface area contributed by atoms with Gasteiger partial charge in [-0.3, -0.25) is 9.78 Å². The highest BCUT2D eigenvalue weighted by atomic mass is 16.5. The molecule has 1 N–H and O–H groups in total. The second-order valence-electron chi connectivity index (χ2n) is 5.75. The molecule has 0 atom stereocenters. The number of carbonyl (C=O) groups excluding carboxylic acids is 2. The molecule has 0 spiro atoms. The summed E-state index contributed by atoms with van der Waals surface area (Å²) in [5.74, 6) is -0.220. The summed E-state index contributed by atoms with van der Waals surface area (Å²) in [6.07, 6.45) is 0. The molecule has 0 aliphatic carbocycles. The molecule has 108 valence electrons. The number of nitrogens with zero attached hydrogens (tertiary/aromatic N) is 1. The Labute approximate surface area is 118 Å². The first-order valence-corrected chi connectivity index (χ1v) is 6.89. The van der Waals surface area contributed by atoms with E-state index in [0.717, 1.165) is 0 Å². The van der Waals surface area contributed by atoms with E-state index in [2.05, 4.69) is 10.3 Å². The Balaban J connectivity index is 2.37. The zero-order valence-corrected chi connectivity index (χ0v) is 12.3. The fourth-order valence-corrected chi connectivity index (χ4v) is 2.08. The number of rotatable bonds is 4. The summed E-state index contributed by atoms with van der Waals surface area (Å²) in [6.45, 7) is 8.68. The van der Waals surface area contributed by atoms with E-state index < -0.39 is 5.97 Å². The van der Waals surface area contributed by atoms with Gasteiger partial charge in [-0.25, -0.2) is 4.79 Å². The predicted molar refractivity (Wildman–Crippen MR) is 74.6 cm³/mol. The van der Waals surface area contributed by atoms with Crippen LogP contribution < -0.4 is 5.32 Å². The van der Waals surface area contributed by atoms with Crippen molar-refractivity contribution in [1.82, 2.24) is 10.3 Å². The standard InChI is InChI=1S/C15H20N2O3/c1-8(2)7-20-15(19)11-5-10-12(6-16-14(10)18)17-13(11)9(3)4/h5,8-9H,6-7H2,1-4H3,(H,16,18). The fraction of sp³-hybridized carbons (Fsp3) is 0.533. The van der Waals surface area contributed by atoms with E-state index in [0.29, 0.717) is 35.7 Å². The molecule has 1 amide bonds. The van der Waals surface area contributed by atoms with Crippen LogP contribution in [0.15, 0.2) is 6.07 Å². The molecule has 0 aromatic carbocycles. The molecule has 1 aliphatic heterocycles. The third-order valence-corrected chi connectivity index (χ3v) is 3.11. The molecular weight excluding hydrogens is 256 g/mol. The van der Waals surface area contributed by atoms with Crippen molar-refractivity contribution in [2.75, 3.05) is 6.61 Å². The van der Waals surface area contributed by atoms with Crippen LogP contribution in [0.5, 0.6) is 0 Å². The van der Waals surface area contributed by atoms with E-state index in [1.165, 1.54) is 0 Å². The topological polar surface area (TPSA) is 68.3 Å². The smallest absolute Gasteiger partial charge is 0.340 e. The summed E-state index contributed by atoms with van der Waals surface area (Å²) in [6, 6.07) is 1.61. The first-order chi connectivity index (χ1) is 9.40. The van der Waals surface area contributed by atoms with Gasteiger partial charge in [-0.1, -0.05) is 27.7 Å². The van der Waals surface area contributed by atoms with Crippen LogP contribution in [0.4, 0.5) is 0 Å². The molecule has 0 saturated carbocycles. The highest BCUT2D eigenvalue weighted by Crippen LogP contribution is 2.24. The lowest BCUT2D eigenvalue weighted by Gasteiger charge is -2.13. The summed E-state index contributed by atoms with van der Waals surface area (Å²) in [5, 5.41) is 2.71. The second-order valence-corrected chi connectivity index (χ2v) is 5.75. The summed E-state index contributed by atoms with van der Waals surface area (Å²) in [4.78, 5) is 28.3. The Kier molecular flexibility index (Phi) is 4.06. The van der Waals surface area contributed by atoms with Gasteiger partial charge in [0.25, 0.3) is 5.91 Å². The molecule has 0 saturated heterocycles. The molecule has 0 radical (unpaired) electrons. The highest BCUT2D eigenvalue weighted by Gasteiger charge is 2.26. The maximum Gasteiger partial charge on any atom is 0.340 e. The van der Waals surface area contributed by atoms with Crippen molar-refractivity contribution in [2.24, 2.45) is 5.92 Å². The number of carbonyl (C=O) groups is 2. The Morgan fingerprint density at radius 3 is 2.70 bits per heavy atom. The number of hydrogen-bond acceptors (Lipinski definition) is 4. The minimum absolute atomic E-state index is 0.0950. The van der Waals surface area contributed by atoms with Gasteiger partial charge in [0.05, 0.1) is 35.7 Å². The number of nitrogens with one attached hydrogen (secondary N) is 1. The minimum Gasteiger partial charge on any atom is -0.462 e. The van der Waals surface area contributed by atoms with Gasteiger partial charge >= 0.3 is 5.97 Å². The number of amides is 1. The molecule has 0 fully saturated rings. The zero-order chi connectivity index (χ0) is 14.9. The van der Waals surface area contributed by atoms with Crippen LogP contribution in [0.25, 0.3) is 0 Å². The minimum atomic E-state index is -0.405. The average Bonchev–Trinajstić information content (AvgIpc) is 2.75. The number of hydrogen-bond donors (Lipinski definition) is 1. The molecule has 20 heavy (non-hydrogen) atoms. The van der Waals surface area contributed by atoms with Crippen LogP contribution in [-0.2, 0) is 11.3 Å². The lowest BCUT2D eigenvalue weighted by molar-refractivity contribution is 0.0456. The lowest BCUT2D eigenvalue weighted by atomic mass is 10.0. The molecule has 0 unspecified atom stereocenters. The molecule has 2 rings (SSSR count). The monoisotopic (exact) mass is 276 g/mol. The van der Waals surface area contributed by atoms with E-state index in [-0.39, 0.29) is 17.7 Å². The van der Waals surface area contributed by atoms with Crippen molar-refractivity contribution >= 4 is 11.9 Å². The van der Waals surface area contributed by atoms with Crippen LogP contribution in [0, 0.1) is 5.92 Å². The average molecular weight is 276 g/mol. The van der Waals surface area contributed by atoms with Crippen LogP contribution in [-0.4, -0.2) is 23.5 Å². The summed E-state index contributed by atoms with van der Waals surface area (Å²) >= 11 is 0. The number of aromatic nitrogens is 1. The lowest BCUT2D eigenvalue weighted by Crippen LogP contribution is -2.16. The molecule has 0 bridgehead atoms. The first-order valence-electron chi connectivity index (χ1n) is 6.89. The number of ether oxygens (including phenoxy) is 1. The molecule has 5 nitrogen and oxygen atoms in total. The number of esters is 1. The van der Waals surface area contributed by atoms with Gasteiger partial charge in [0.1, 0.15) is 0 Å². The van der Waals surface area contributed by atoms with Gasteiger partial charge in [-0.2, -0.15) is 0 Å². The molecule has 2 heterocycles. The van der Waals surface area contributed by atoms with Crippen LogP contribution in [0.1, 0.15) is 65.7 Å². The molecular formula is C15H20N2O3. The largest absolute Gasteiger partial charge is 0.462 e. The van der Waals surface area contributed by atoms with Crippen LogP contribution >= 0.6 is 0 Å². The highest BCUT2D eigenvalue weighted by molar-refractivity contribution is 6.01. The Hall–Kier alpha value is -1.91. The fourth-order valence-electron chi connectivity index (χ4n) is 2.08. The summed E-state index contributed by atoms with van der Waals surface area (Å²) in [5.41, 5.74) is 2.27. The van der Waals surface area contributed by atoms with Crippen LogP contribution in [0.3, 0.4) is 0 Å². The van der Waals surface area contributed by atoms with Crippen molar-refractivity contribution in [3.63, 3.8) is 0 Å². The van der Waals surface area contributed by atoms with Gasteiger partial charge in [0.15, 0.2) is 0 Å². The van der Waals surface area contributed by atoms with Gasteiger partial charge in [0, 0.05) is 0 Å². The van der Waals surface area contributed by atoms with Crippen molar-refractivity contribution in [3.05, 3.63) is 28.6 Å². The number of fused-ring (bicyclic) bond motifs is 1. The third-order valence-electron chi connectivity index (χ3n) is 3.11. The van der Waals surface area contributed by atoms with Gasteiger partial charge < -0.3 is 10.1 Å². The molecule has 5 heteroatoms. The zero-order valence-electron chi connectivity index (χ0n) is 12.3. The first kappa shape index (κ1) is 14.5. The van der Waals surface area contributed by atoms with Crippen LogP contribution in [0.2, 0.25) is 0 Å². The van der Waals surface area contributed by atoms with Gasteiger partial charge in [-0.15, -0.1) is 0 Å². The predicted octanol–water partition coefficient (Wildman–Crippen LogP) is 2.26. The maximum absolute atomic E-state index is 12.2. The molecule has 1 aromatic rings. The summed E-state index contributed by atoms with van der Waals surface area (Å²) < 4.78 is 5.26. The third kappa shape index (κ3) is 2.81. The Bertz CT molecular complexity index is 550. The maximum atomic E-state index is 12.2. The summed E-state index contributed by atoms with van der Waals surface area (Å²) in [7, 11) is 0. The quantitative estimate of drug-likeness (QED) is 0.856. The van der Waals surface area contributed by atoms with E-state index in [1.54, 1.807) is 6.07 Å². The van der Waals surface area contributed by atoms with Crippen molar-refractivity contribution in [2.45, 2.75) is 40.2 Å². The van der Waals surface area contributed by atoms with E-state index in [9.17, 15) is 9.59 Å². The number of pyridine rings is 1.